The van der Waals surface area contributed by atoms with E-state index in [1.165, 1.54) is 32.1 Å². The number of carboxylic acid groups (broad SMARTS) is 1. The average Bonchev–Trinajstić information content (AvgIpc) is 3.50. The Morgan fingerprint density at radius 1 is 0.330 bits per heavy atom. The Balaban J connectivity index is 4.27. The van der Waals surface area contributed by atoms with E-state index in [4.69, 9.17) is 18.9 Å². The fourth-order valence-corrected chi connectivity index (χ4v) is 8.73. The quantitative estimate of drug-likeness (QED) is 0.0211. The van der Waals surface area contributed by atoms with Crippen LogP contribution in [-0.2, 0) is 33.3 Å². The van der Waals surface area contributed by atoms with Gasteiger partial charge in [-0.3, -0.25) is 9.59 Å². The number of hydrogen-bond donors (Lipinski definition) is 1. The zero-order valence-electron chi connectivity index (χ0n) is 57.9. The summed E-state index contributed by atoms with van der Waals surface area (Å²) in [6.45, 7) is 4.58. The molecule has 0 spiro atoms. The number of likely N-dealkylation sites (N-methyl/N-ethyl adjacent to an activating group) is 1. The molecule has 0 aromatic rings. The number of aliphatic carboxylic acids is 1. The van der Waals surface area contributed by atoms with Crippen molar-refractivity contribution in [2.75, 3.05) is 47.5 Å². The normalized spacial score (nSPS) is 14.0. The predicted molar refractivity (Wildman–Crippen MR) is 391 cm³/mol. The summed E-state index contributed by atoms with van der Waals surface area (Å²) in [4.78, 5) is 37.6. The van der Waals surface area contributed by atoms with E-state index in [-0.39, 0.29) is 38.6 Å². The average molecular weight is 1260 g/mol. The van der Waals surface area contributed by atoms with Crippen LogP contribution in [0.5, 0.6) is 0 Å². The molecule has 0 aromatic carbocycles. The number of carboxylic acids is 1. The van der Waals surface area contributed by atoms with Crippen molar-refractivity contribution in [1.29, 1.82) is 0 Å². The van der Waals surface area contributed by atoms with Crippen LogP contribution < -0.4 is 0 Å². The Hall–Kier alpha value is -6.13. The van der Waals surface area contributed by atoms with Gasteiger partial charge in [0.2, 0.25) is 0 Å². The SMILES string of the molecule is CC/C=C\C/C=C\C/C=C\C/C=C\C/C=C\C/C=C\C/C=C\C/C=C\C/C=C\CCCCCCCCCCCC(=O)OC(COC(=O)CCCCCC/C=C\C/C=C\C/C=C\C/C=C\C/C=C\C/C=C\C/C=C\C/C=C\CC)COC(OCC[N+](C)(C)C)C(=O)O. The third-order valence-corrected chi connectivity index (χ3v) is 14.0. The van der Waals surface area contributed by atoms with Crippen LogP contribution in [0.25, 0.3) is 0 Å². The summed E-state index contributed by atoms with van der Waals surface area (Å²) in [5.74, 6) is -2.07. The molecule has 0 aliphatic rings. The van der Waals surface area contributed by atoms with Crippen LogP contribution in [0.3, 0.4) is 0 Å². The second kappa shape index (κ2) is 69.8. The second-order valence-electron chi connectivity index (χ2n) is 23.7. The van der Waals surface area contributed by atoms with Gasteiger partial charge >= 0.3 is 17.9 Å². The Kier molecular flexibility index (Phi) is 65.1. The number of ether oxygens (including phenoxy) is 4. The number of unbranched alkanes of at least 4 members (excludes halogenated alkanes) is 13. The molecule has 0 fully saturated rings. The summed E-state index contributed by atoms with van der Waals surface area (Å²) in [6, 6.07) is 0. The topological polar surface area (TPSA) is 108 Å². The molecule has 0 radical (unpaired) electrons. The molecule has 0 amide bonds. The summed E-state index contributed by atoms with van der Waals surface area (Å²) in [5.41, 5.74) is 0. The molecular weight excluding hydrogens is 1130 g/mol. The Morgan fingerprint density at radius 3 is 0.879 bits per heavy atom. The molecule has 9 heteroatoms. The van der Waals surface area contributed by atoms with Crippen molar-refractivity contribution in [2.45, 2.75) is 245 Å². The molecule has 2 unspecified atom stereocenters. The third kappa shape index (κ3) is 71.2. The van der Waals surface area contributed by atoms with Crippen LogP contribution in [0.15, 0.2) is 207 Å². The van der Waals surface area contributed by atoms with E-state index in [0.29, 0.717) is 23.9 Å². The molecule has 0 rings (SSSR count). The molecule has 0 saturated heterocycles. The minimum Gasteiger partial charge on any atom is -0.477 e. The maximum absolute atomic E-state index is 13.0. The van der Waals surface area contributed by atoms with Crippen LogP contribution in [0.1, 0.15) is 232 Å². The fourth-order valence-electron chi connectivity index (χ4n) is 8.73. The number of carbonyl (C=O) groups is 3. The number of quaternary nitrogens is 1. The van der Waals surface area contributed by atoms with Gasteiger partial charge in [0.25, 0.3) is 6.29 Å². The first-order chi connectivity index (χ1) is 44.6. The van der Waals surface area contributed by atoms with E-state index in [9.17, 15) is 19.5 Å². The van der Waals surface area contributed by atoms with Crippen molar-refractivity contribution in [3.63, 3.8) is 0 Å². The minimum atomic E-state index is -1.53. The fraction of sp³-hybridized carbons (Fsp3) is 0.549. The van der Waals surface area contributed by atoms with E-state index in [0.717, 1.165) is 161 Å². The van der Waals surface area contributed by atoms with Gasteiger partial charge in [0.1, 0.15) is 13.2 Å². The standard InChI is InChI=1S/C82H127NO8/c1-6-8-10-12-14-16-18-20-22-24-26-28-30-32-34-36-37-38-39-40-41-42-43-45-47-49-51-53-55-57-59-61-63-65-67-69-71-73-80(85)91-78(77-90-82(81(86)87)88-75-74-83(3,4)5)76-89-79(84)72-70-68-66-64-62-60-58-56-54-52-50-48-46-44-35-33-31-29-27-25-23-21-19-17-15-13-11-9-7-2/h8-11,14-17,20-23,26-29,32-35,37-38,40-41,43,45-46,48-49,51-52,54,58,60,78,82H,6-7,12-13,18-19,24-25,30-31,36,39,42,44,47,50,53,55-57,59,61-77H2,1-5H3/p+1/b10-8-,11-9-,16-14-,17-15-,22-20-,23-21-,28-26-,29-27-,34-32-,35-33-,38-37-,41-40-,45-43-,48-46-,51-49-,54-52-,60-58-. The molecule has 9 nitrogen and oxygen atoms in total. The minimum absolute atomic E-state index is 0.170. The van der Waals surface area contributed by atoms with Crippen molar-refractivity contribution < 1.29 is 42.9 Å². The van der Waals surface area contributed by atoms with E-state index in [2.05, 4.69) is 220 Å². The van der Waals surface area contributed by atoms with Gasteiger partial charge in [0.05, 0.1) is 34.4 Å². The monoisotopic (exact) mass is 1250 g/mol. The lowest BCUT2D eigenvalue weighted by Crippen LogP contribution is -2.40. The predicted octanol–water partition coefficient (Wildman–Crippen LogP) is 22.4. The van der Waals surface area contributed by atoms with Crippen LogP contribution in [-0.4, -0.2) is 87.4 Å². The summed E-state index contributed by atoms with van der Waals surface area (Å²) in [6.07, 6.45) is 106. The van der Waals surface area contributed by atoms with Gasteiger partial charge in [0, 0.05) is 12.8 Å². The van der Waals surface area contributed by atoms with Crippen LogP contribution >= 0.6 is 0 Å². The number of rotatable bonds is 62. The van der Waals surface area contributed by atoms with Crippen molar-refractivity contribution in [3.8, 4) is 0 Å². The summed E-state index contributed by atoms with van der Waals surface area (Å²) in [5, 5.41) is 9.75. The van der Waals surface area contributed by atoms with Crippen LogP contribution in [0.4, 0.5) is 0 Å². The summed E-state index contributed by atoms with van der Waals surface area (Å²) >= 11 is 0. The lowest BCUT2D eigenvalue weighted by Gasteiger charge is -2.25. The van der Waals surface area contributed by atoms with Gasteiger partial charge < -0.3 is 28.5 Å². The molecule has 0 heterocycles. The Bertz CT molecular complexity index is 2250. The largest absolute Gasteiger partial charge is 0.477 e. The molecule has 2 atom stereocenters. The van der Waals surface area contributed by atoms with Crippen molar-refractivity contribution in [3.05, 3.63) is 207 Å². The summed E-state index contributed by atoms with van der Waals surface area (Å²) in [7, 11) is 5.95. The van der Waals surface area contributed by atoms with Gasteiger partial charge in [0.15, 0.2) is 6.10 Å². The first-order valence-electron chi connectivity index (χ1n) is 35.2. The van der Waals surface area contributed by atoms with Gasteiger partial charge in [-0.15, -0.1) is 0 Å². The smallest absolute Gasteiger partial charge is 0.361 e. The first kappa shape index (κ1) is 84.9. The molecular formula is C82H128NO8+. The van der Waals surface area contributed by atoms with Crippen molar-refractivity contribution in [1.82, 2.24) is 0 Å². The van der Waals surface area contributed by atoms with E-state index < -0.39 is 24.3 Å². The Labute approximate surface area is 556 Å². The highest BCUT2D eigenvalue weighted by Crippen LogP contribution is 2.14. The van der Waals surface area contributed by atoms with E-state index in [1.807, 2.05) is 21.1 Å². The molecule has 0 bridgehead atoms. The first-order valence-corrected chi connectivity index (χ1v) is 35.2. The third-order valence-electron chi connectivity index (χ3n) is 14.0. The highest BCUT2D eigenvalue weighted by molar-refractivity contribution is 5.71. The second-order valence-corrected chi connectivity index (χ2v) is 23.7. The zero-order valence-corrected chi connectivity index (χ0v) is 57.9. The molecule has 0 aliphatic heterocycles. The van der Waals surface area contributed by atoms with E-state index >= 15 is 0 Å². The molecule has 0 aliphatic carbocycles. The number of hydrogen-bond acceptors (Lipinski definition) is 7. The van der Waals surface area contributed by atoms with Gasteiger partial charge in [-0.2, -0.15) is 0 Å². The summed E-state index contributed by atoms with van der Waals surface area (Å²) < 4.78 is 22.9. The van der Waals surface area contributed by atoms with Crippen LogP contribution in [0.2, 0.25) is 0 Å². The van der Waals surface area contributed by atoms with Gasteiger partial charge in [-0.05, 0) is 148 Å². The zero-order chi connectivity index (χ0) is 66.1. The molecule has 0 aromatic heterocycles. The number of allylic oxidation sites excluding steroid dienone is 34. The highest BCUT2D eigenvalue weighted by atomic mass is 16.7. The maximum atomic E-state index is 13.0. The van der Waals surface area contributed by atoms with E-state index in [1.54, 1.807) is 0 Å². The number of nitrogens with zero attached hydrogens (tertiary/aromatic N) is 1. The van der Waals surface area contributed by atoms with Gasteiger partial charge in [-0.1, -0.05) is 278 Å². The van der Waals surface area contributed by atoms with Crippen LogP contribution in [0, 0.1) is 0 Å². The molecule has 508 valence electrons. The molecule has 1 N–H and O–H groups in total. The van der Waals surface area contributed by atoms with Gasteiger partial charge in [-0.25, -0.2) is 4.79 Å². The van der Waals surface area contributed by atoms with Crippen molar-refractivity contribution >= 4 is 17.9 Å². The van der Waals surface area contributed by atoms with Crippen molar-refractivity contribution in [2.24, 2.45) is 0 Å². The molecule has 91 heavy (non-hydrogen) atoms. The number of esters is 2. The maximum Gasteiger partial charge on any atom is 0.361 e. The highest BCUT2D eigenvalue weighted by Gasteiger charge is 2.25. The lowest BCUT2D eigenvalue weighted by atomic mass is 10.1. The Morgan fingerprint density at radius 2 is 0.593 bits per heavy atom. The molecule has 0 saturated carbocycles. The number of carbonyl (C=O) groups excluding carboxylic acids is 2. The lowest BCUT2D eigenvalue weighted by molar-refractivity contribution is -0.870.